The third kappa shape index (κ3) is 3.11. The fourth-order valence-electron chi connectivity index (χ4n) is 2.64. The maximum atomic E-state index is 10.4. The molecule has 0 amide bonds. The number of aliphatic hydroxyl groups is 1. The zero-order valence-corrected chi connectivity index (χ0v) is 12.2. The van der Waals surface area contributed by atoms with Gasteiger partial charge in [0.05, 0.1) is 11.6 Å². The molecule has 2 aromatic carbocycles. The molecule has 1 atom stereocenters. The number of aromatic nitrogens is 1. The highest BCUT2D eigenvalue weighted by Gasteiger charge is 2.09. The lowest BCUT2D eigenvalue weighted by molar-refractivity contribution is 0.168. The highest BCUT2D eigenvalue weighted by Crippen LogP contribution is 2.23. The van der Waals surface area contributed by atoms with Gasteiger partial charge in [0, 0.05) is 11.6 Å². The zero-order valence-electron chi connectivity index (χ0n) is 12.2. The second kappa shape index (κ2) is 6.06. The Balaban J connectivity index is 1.75. The first-order chi connectivity index (χ1) is 10.2. The first-order valence-corrected chi connectivity index (χ1v) is 7.31. The molecule has 2 heteroatoms. The van der Waals surface area contributed by atoms with Gasteiger partial charge in [0.25, 0.3) is 0 Å². The summed E-state index contributed by atoms with van der Waals surface area (Å²) in [6.45, 7) is 2.11. The number of pyridine rings is 1. The molecule has 106 valence electrons. The molecule has 0 spiro atoms. The van der Waals surface area contributed by atoms with E-state index in [1.54, 1.807) is 6.20 Å². The number of hydrogen-bond acceptors (Lipinski definition) is 2. The number of benzene rings is 2. The lowest BCUT2D eigenvalue weighted by Gasteiger charge is -2.12. The fourth-order valence-corrected chi connectivity index (χ4v) is 2.64. The zero-order chi connectivity index (χ0) is 14.7. The molecule has 3 rings (SSSR count). The van der Waals surface area contributed by atoms with Crippen LogP contribution in [0.1, 0.15) is 29.2 Å². The number of rotatable bonds is 4. The minimum Gasteiger partial charge on any atom is -0.388 e. The third-order valence-corrected chi connectivity index (χ3v) is 3.96. The van der Waals surface area contributed by atoms with Crippen molar-refractivity contribution in [3.8, 4) is 0 Å². The van der Waals surface area contributed by atoms with E-state index in [-0.39, 0.29) is 0 Å². The molecule has 0 saturated heterocycles. The predicted molar refractivity (Wildman–Crippen MR) is 86.2 cm³/mol. The number of aliphatic hydroxyl groups excluding tert-OH is 1. The Morgan fingerprint density at radius 3 is 2.76 bits per heavy atom. The second-order valence-corrected chi connectivity index (χ2v) is 5.44. The van der Waals surface area contributed by atoms with Crippen molar-refractivity contribution in [1.29, 1.82) is 0 Å². The average molecular weight is 277 g/mol. The minimum absolute atomic E-state index is 0.448. The Kier molecular flexibility index (Phi) is 3.98. The molecule has 0 aliphatic rings. The molecular weight excluding hydrogens is 258 g/mol. The van der Waals surface area contributed by atoms with Gasteiger partial charge in [0.1, 0.15) is 0 Å². The summed E-state index contributed by atoms with van der Waals surface area (Å²) in [6, 6.07) is 18.3. The van der Waals surface area contributed by atoms with Gasteiger partial charge in [-0.1, -0.05) is 42.5 Å². The van der Waals surface area contributed by atoms with Crippen LogP contribution < -0.4 is 0 Å². The van der Waals surface area contributed by atoms with Crippen LogP contribution in [0.5, 0.6) is 0 Å². The van der Waals surface area contributed by atoms with Crippen LogP contribution in [0.4, 0.5) is 0 Å². The van der Waals surface area contributed by atoms with E-state index in [4.69, 9.17) is 0 Å². The summed E-state index contributed by atoms with van der Waals surface area (Å²) in [6.07, 6.45) is 2.94. The molecule has 0 aliphatic heterocycles. The number of aryl methyl sites for hydroxylation is 2. The van der Waals surface area contributed by atoms with E-state index < -0.39 is 6.10 Å². The summed E-state index contributed by atoms with van der Waals surface area (Å²) in [5.41, 5.74) is 4.46. The van der Waals surface area contributed by atoms with Crippen LogP contribution in [0.2, 0.25) is 0 Å². The molecule has 1 aromatic heterocycles. The van der Waals surface area contributed by atoms with E-state index in [2.05, 4.69) is 30.1 Å². The average Bonchev–Trinajstić information content (AvgIpc) is 2.53. The molecule has 0 aliphatic carbocycles. The lowest BCUT2D eigenvalue weighted by Crippen LogP contribution is -2.01. The number of fused-ring (bicyclic) bond motifs is 1. The SMILES string of the molecule is Cc1ccccc1CCC(O)c1ccc2cccnc2c1. The molecular formula is C19H19NO. The standard InChI is InChI=1S/C19H19NO/c1-14-5-2-3-6-15(14)10-11-19(21)17-9-8-16-7-4-12-20-18(16)13-17/h2-9,12-13,19,21H,10-11H2,1H3. The lowest BCUT2D eigenvalue weighted by atomic mass is 9.98. The van der Waals surface area contributed by atoms with E-state index in [1.807, 2.05) is 36.4 Å². The Hall–Kier alpha value is -2.19. The van der Waals surface area contributed by atoms with Crippen molar-refractivity contribution < 1.29 is 5.11 Å². The number of hydrogen-bond donors (Lipinski definition) is 1. The molecule has 3 aromatic rings. The maximum absolute atomic E-state index is 10.4. The van der Waals surface area contributed by atoms with Gasteiger partial charge < -0.3 is 5.11 Å². The van der Waals surface area contributed by atoms with Crippen molar-refractivity contribution in [1.82, 2.24) is 4.98 Å². The Morgan fingerprint density at radius 1 is 1.05 bits per heavy atom. The van der Waals surface area contributed by atoms with Gasteiger partial charge in [-0.2, -0.15) is 0 Å². The van der Waals surface area contributed by atoms with E-state index in [1.165, 1.54) is 11.1 Å². The summed E-state index contributed by atoms with van der Waals surface area (Å²) in [4.78, 5) is 4.35. The molecule has 0 radical (unpaired) electrons. The monoisotopic (exact) mass is 277 g/mol. The highest BCUT2D eigenvalue weighted by molar-refractivity contribution is 5.78. The van der Waals surface area contributed by atoms with Crippen LogP contribution in [-0.4, -0.2) is 10.1 Å². The molecule has 2 nitrogen and oxygen atoms in total. The van der Waals surface area contributed by atoms with Crippen molar-refractivity contribution in [3.63, 3.8) is 0 Å². The van der Waals surface area contributed by atoms with Crippen molar-refractivity contribution in [2.45, 2.75) is 25.9 Å². The molecule has 0 saturated carbocycles. The van der Waals surface area contributed by atoms with Gasteiger partial charge >= 0.3 is 0 Å². The molecule has 1 unspecified atom stereocenters. The second-order valence-electron chi connectivity index (χ2n) is 5.44. The summed E-state index contributed by atoms with van der Waals surface area (Å²) in [5.74, 6) is 0. The smallest absolute Gasteiger partial charge is 0.0794 e. The van der Waals surface area contributed by atoms with Crippen LogP contribution in [0, 0.1) is 6.92 Å². The van der Waals surface area contributed by atoms with E-state index in [0.29, 0.717) is 0 Å². The van der Waals surface area contributed by atoms with Crippen molar-refractivity contribution in [2.24, 2.45) is 0 Å². The van der Waals surface area contributed by atoms with Crippen molar-refractivity contribution >= 4 is 10.9 Å². The van der Waals surface area contributed by atoms with Crippen LogP contribution in [0.3, 0.4) is 0 Å². The van der Waals surface area contributed by atoms with Gasteiger partial charge in [-0.3, -0.25) is 4.98 Å². The quantitative estimate of drug-likeness (QED) is 0.775. The molecule has 0 fully saturated rings. The molecule has 21 heavy (non-hydrogen) atoms. The highest BCUT2D eigenvalue weighted by atomic mass is 16.3. The van der Waals surface area contributed by atoms with Gasteiger partial charge in [-0.15, -0.1) is 0 Å². The van der Waals surface area contributed by atoms with Crippen LogP contribution >= 0.6 is 0 Å². The fraction of sp³-hybridized carbons (Fsp3) is 0.211. The van der Waals surface area contributed by atoms with Crippen LogP contribution in [0.15, 0.2) is 60.8 Å². The molecule has 0 bridgehead atoms. The van der Waals surface area contributed by atoms with Crippen molar-refractivity contribution in [3.05, 3.63) is 77.5 Å². The normalized spacial score (nSPS) is 12.5. The molecule has 1 N–H and O–H groups in total. The van der Waals surface area contributed by atoms with Gasteiger partial charge in [-0.25, -0.2) is 0 Å². The predicted octanol–water partition coefficient (Wildman–Crippen LogP) is 4.21. The van der Waals surface area contributed by atoms with Crippen molar-refractivity contribution in [2.75, 3.05) is 0 Å². The number of nitrogens with zero attached hydrogens (tertiary/aromatic N) is 1. The Bertz CT molecular complexity index is 751. The van der Waals surface area contributed by atoms with E-state index >= 15 is 0 Å². The molecule has 1 heterocycles. The summed E-state index contributed by atoms with van der Waals surface area (Å²) in [7, 11) is 0. The van der Waals surface area contributed by atoms with E-state index in [9.17, 15) is 5.11 Å². The minimum atomic E-state index is -0.448. The Morgan fingerprint density at radius 2 is 1.90 bits per heavy atom. The summed E-state index contributed by atoms with van der Waals surface area (Å²) >= 11 is 0. The van der Waals surface area contributed by atoms with Crippen LogP contribution in [0.25, 0.3) is 10.9 Å². The maximum Gasteiger partial charge on any atom is 0.0794 e. The third-order valence-electron chi connectivity index (χ3n) is 3.96. The topological polar surface area (TPSA) is 33.1 Å². The first-order valence-electron chi connectivity index (χ1n) is 7.31. The Labute approximate surface area is 125 Å². The summed E-state index contributed by atoms with van der Waals surface area (Å²) < 4.78 is 0. The van der Waals surface area contributed by atoms with Gasteiger partial charge in [-0.05, 0) is 48.6 Å². The summed E-state index contributed by atoms with van der Waals surface area (Å²) in [5, 5.41) is 11.5. The first kappa shape index (κ1) is 13.8. The van der Waals surface area contributed by atoms with Crippen LogP contribution in [-0.2, 0) is 6.42 Å². The van der Waals surface area contributed by atoms with E-state index in [0.717, 1.165) is 29.3 Å². The van der Waals surface area contributed by atoms with Gasteiger partial charge in [0.15, 0.2) is 0 Å². The van der Waals surface area contributed by atoms with Gasteiger partial charge in [0.2, 0.25) is 0 Å². The largest absolute Gasteiger partial charge is 0.388 e.